The van der Waals surface area contributed by atoms with Gasteiger partial charge in [-0.15, -0.1) is 0 Å². The first-order valence-corrected chi connectivity index (χ1v) is 5.91. The minimum absolute atomic E-state index is 0.485. The number of anilines is 1. The third-order valence-electron chi connectivity index (χ3n) is 2.61. The minimum atomic E-state index is 0.485. The fraction of sp³-hybridized carbons (Fsp3) is 0.250. The van der Waals surface area contributed by atoms with Crippen molar-refractivity contribution in [1.82, 2.24) is 9.97 Å². The molecule has 0 fully saturated rings. The molecule has 1 heterocycles. The van der Waals surface area contributed by atoms with Crippen LogP contribution in [0.2, 0.25) is 0 Å². The molecule has 0 spiro atoms. The Morgan fingerprint density at radius 2 is 2.12 bits per heavy atom. The summed E-state index contributed by atoms with van der Waals surface area (Å²) in [6.07, 6.45) is 0.804. The van der Waals surface area contributed by atoms with Crippen LogP contribution in [-0.2, 0) is 6.42 Å². The molecule has 0 aliphatic carbocycles. The number of aromatic amines is 1. The van der Waals surface area contributed by atoms with Gasteiger partial charge < -0.3 is 10.7 Å². The monoisotopic (exact) mass is 279 g/mol. The topological polar surface area (TPSA) is 54.7 Å². The van der Waals surface area contributed by atoms with Crippen molar-refractivity contribution in [3.63, 3.8) is 0 Å². The van der Waals surface area contributed by atoms with Gasteiger partial charge in [0, 0.05) is 16.6 Å². The highest BCUT2D eigenvalue weighted by Crippen LogP contribution is 2.20. The summed E-state index contributed by atoms with van der Waals surface area (Å²) >= 11 is 3.53. The second-order valence-corrected chi connectivity index (χ2v) is 4.81. The van der Waals surface area contributed by atoms with Crippen molar-refractivity contribution in [2.45, 2.75) is 20.3 Å². The molecule has 4 heteroatoms. The van der Waals surface area contributed by atoms with E-state index in [1.807, 2.05) is 6.92 Å². The predicted molar refractivity (Wildman–Crippen MR) is 69.4 cm³/mol. The third-order valence-corrected chi connectivity index (χ3v) is 3.47. The molecule has 0 unspecified atom stereocenters. The average molecular weight is 280 g/mol. The maximum absolute atomic E-state index is 5.61. The van der Waals surface area contributed by atoms with Gasteiger partial charge in [-0.1, -0.05) is 28.1 Å². The minimum Gasteiger partial charge on any atom is -0.369 e. The normalized spacial score (nSPS) is 10.7. The number of aryl methyl sites for hydroxylation is 2. The summed E-state index contributed by atoms with van der Waals surface area (Å²) in [6.45, 7) is 4.06. The van der Waals surface area contributed by atoms with E-state index in [4.69, 9.17) is 5.73 Å². The first kappa shape index (κ1) is 11.2. The van der Waals surface area contributed by atoms with Gasteiger partial charge in [0.2, 0.25) is 0 Å². The van der Waals surface area contributed by atoms with Crippen molar-refractivity contribution < 1.29 is 0 Å². The molecular weight excluding hydrogens is 266 g/mol. The second kappa shape index (κ2) is 4.29. The first-order valence-electron chi connectivity index (χ1n) is 5.12. The van der Waals surface area contributed by atoms with Crippen molar-refractivity contribution in [3.8, 4) is 0 Å². The van der Waals surface area contributed by atoms with Gasteiger partial charge in [-0.2, -0.15) is 0 Å². The number of nitrogens with one attached hydrogen (secondary N) is 1. The number of hydrogen-bond donors (Lipinski definition) is 2. The Hall–Kier alpha value is -1.29. The molecular formula is C12H14BrN3. The molecule has 3 N–H and O–H groups in total. The van der Waals surface area contributed by atoms with E-state index >= 15 is 0 Å². The number of nitrogens with zero attached hydrogens (tertiary/aromatic N) is 1. The summed E-state index contributed by atoms with van der Waals surface area (Å²) < 4.78 is 1.13. The number of nitrogens with two attached hydrogens (primary N) is 1. The zero-order valence-corrected chi connectivity index (χ0v) is 10.9. The van der Waals surface area contributed by atoms with E-state index in [-0.39, 0.29) is 0 Å². The Morgan fingerprint density at radius 1 is 1.38 bits per heavy atom. The number of aromatic nitrogens is 2. The molecule has 0 radical (unpaired) electrons. The van der Waals surface area contributed by atoms with E-state index in [1.54, 1.807) is 0 Å². The number of H-pyrrole nitrogens is 1. The molecule has 1 aromatic carbocycles. The highest BCUT2D eigenvalue weighted by Gasteiger charge is 2.06. The number of benzene rings is 1. The number of halogens is 1. The number of imidazole rings is 1. The lowest BCUT2D eigenvalue weighted by atomic mass is 10.1. The number of hydrogen-bond acceptors (Lipinski definition) is 2. The van der Waals surface area contributed by atoms with E-state index in [0.29, 0.717) is 5.95 Å². The van der Waals surface area contributed by atoms with Crippen molar-refractivity contribution in [3.05, 3.63) is 45.2 Å². The van der Waals surface area contributed by atoms with Crippen molar-refractivity contribution in [2.75, 3.05) is 5.73 Å². The Bertz CT molecular complexity index is 517. The smallest absolute Gasteiger partial charge is 0.197 e. The van der Waals surface area contributed by atoms with E-state index in [9.17, 15) is 0 Å². The highest BCUT2D eigenvalue weighted by atomic mass is 79.9. The van der Waals surface area contributed by atoms with Gasteiger partial charge in [-0.25, -0.2) is 4.98 Å². The maximum atomic E-state index is 5.61. The molecule has 0 amide bonds. The van der Waals surface area contributed by atoms with Crippen LogP contribution in [0.3, 0.4) is 0 Å². The fourth-order valence-corrected chi connectivity index (χ4v) is 2.06. The number of nitrogen functional groups attached to an aromatic ring is 1. The van der Waals surface area contributed by atoms with Crippen LogP contribution in [0.1, 0.15) is 22.5 Å². The van der Waals surface area contributed by atoms with Crippen LogP contribution in [0, 0.1) is 13.8 Å². The molecule has 0 atom stereocenters. The molecule has 0 aliphatic heterocycles. The summed E-state index contributed by atoms with van der Waals surface area (Å²) in [6, 6.07) is 6.34. The van der Waals surface area contributed by atoms with Crippen LogP contribution in [0.5, 0.6) is 0 Å². The summed E-state index contributed by atoms with van der Waals surface area (Å²) in [5.41, 5.74) is 10.1. The first-order chi connectivity index (χ1) is 7.56. The zero-order valence-electron chi connectivity index (χ0n) is 9.34. The lowest BCUT2D eigenvalue weighted by Crippen LogP contribution is -1.92. The molecule has 0 aliphatic rings. The molecule has 84 valence electrons. The van der Waals surface area contributed by atoms with Gasteiger partial charge >= 0.3 is 0 Å². The van der Waals surface area contributed by atoms with E-state index in [2.05, 4.69) is 51.0 Å². The van der Waals surface area contributed by atoms with Crippen LogP contribution in [-0.4, -0.2) is 9.97 Å². The molecule has 0 saturated carbocycles. The Morgan fingerprint density at radius 3 is 2.69 bits per heavy atom. The van der Waals surface area contributed by atoms with Crippen LogP contribution >= 0.6 is 15.9 Å². The predicted octanol–water partition coefficient (Wildman–Crippen LogP) is 2.96. The summed E-state index contributed by atoms with van der Waals surface area (Å²) in [5.74, 6) is 0.485. The molecule has 2 aromatic rings. The lowest BCUT2D eigenvalue weighted by molar-refractivity contribution is 1.08. The highest BCUT2D eigenvalue weighted by molar-refractivity contribution is 9.10. The quantitative estimate of drug-likeness (QED) is 0.888. The zero-order chi connectivity index (χ0) is 11.7. The van der Waals surface area contributed by atoms with Gasteiger partial charge in [-0.05, 0) is 31.0 Å². The molecule has 2 rings (SSSR count). The molecule has 0 saturated heterocycles. The second-order valence-electron chi connectivity index (χ2n) is 3.95. The van der Waals surface area contributed by atoms with Crippen LogP contribution in [0.15, 0.2) is 22.7 Å². The van der Waals surface area contributed by atoms with Crippen molar-refractivity contribution >= 4 is 21.9 Å². The molecule has 3 nitrogen and oxygen atoms in total. The number of rotatable bonds is 2. The largest absolute Gasteiger partial charge is 0.369 e. The molecule has 0 bridgehead atoms. The Labute approximate surface area is 103 Å². The Kier molecular flexibility index (Phi) is 3.01. The molecule has 1 aromatic heterocycles. The summed E-state index contributed by atoms with van der Waals surface area (Å²) in [7, 11) is 0. The average Bonchev–Trinajstić information content (AvgIpc) is 2.51. The van der Waals surface area contributed by atoms with E-state index in [0.717, 1.165) is 22.3 Å². The van der Waals surface area contributed by atoms with Gasteiger partial charge in [0.25, 0.3) is 0 Å². The van der Waals surface area contributed by atoms with Crippen molar-refractivity contribution in [2.24, 2.45) is 0 Å². The van der Waals surface area contributed by atoms with E-state index < -0.39 is 0 Å². The lowest BCUT2D eigenvalue weighted by Gasteiger charge is -2.03. The summed E-state index contributed by atoms with van der Waals surface area (Å²) in [4.78, 5) is 7.27. The van der Waals surface area contributed by atoms with Gasteiger partial charge in [-0.3, -0.25) is 0 Å². The molecule has 16 heavy (non-hydrogen) atoms. The Balaban J connectivity index is 2.27. The SMILES string of the molecule is Cc1ccc(Cc2nc(N)[nH]c2C)cc1Br. The maximum Gasteiger partial charge on any atom is 0.197 e. The fourth-order valence-electron chi connectivity index (χ4n) is 1.63. The van der Waals surface area contributed by atoms with E-state index in [1.165, 1.54) is 11.1 Å². The van der Waals surface area contributed by atoms with Gasteiger partial charge in [0.05, 0.1) is 5.69 Å². The van der Waals surface area contributed by atoms with Crippen LogP contribution in [0.4, 0.5) is 5.95 Å². The third kappa shape index (κ3) is 2.27. The standard InChI is InChI=1S/C12H14BrN3/c1-7-3-4-9(5-10(7)13)6-11-8(2)15-12(14)16-11/h3-5H,6H2,1-2H3,(H3,14,15,16). The van der Waals surface area contributed by atoms with Crippen molar-refractivity contribution in [1.29, 1.82) is 0 Å². The van der Waals surface area contributed by atoms with Crippen LogP contribution in [0.25, 0.3) is 0 Å². The van der Waals surface area contributed by atoms with Gasteiger partial charge in [0.1, 0.15) is 0 Å². The van der Waals surface area contributed by atoms with Crippen LogP contribution < -0.4 is 5.73 Å². The summed E-state index contributed by atoms with van der Waals surface area (Å²) in [5, 5.41) is 0. The van der Waals surface area contributed by atoms with Gasteiger partial charge in [0.15, 0.2) is 5.95 Å².